The van der Waals surface area contributed by atoms with Crippen molar-refractivity contribution in [3.8, 4) is 5.69 Å². The zero-order valence-electron chi connectivity index (χ0n) is 18.1. The molecule has 0 unspecified atom stereocenters. The average Bonchev–Trinajstić information content (AvgIpc) is 3.27. The standard InChI is InChI=1S/C22H23ClN6O3S/c1-2-32-21(31)15-8-12-28(13-9-15)20(30)19-18(14-33-22-24-10-3-11-25-22)29(27-26-19)17-6-4-16(23)5-7-17/h3-7,10-11,15H,2,8-9,12-14H2,1H3. The molecule has 0 atom stereocenters. The predicted octanol–water partition coefficient (Wildman–Crippen LogP) is 3.42. The summed E-state index contributed by atoms with van der Waals surface area (Å²) in [4.78, 5) is 35.6. The number of hydrogen-bond acceptors (Lipinski definition) is 8. The van der Waals surface area contributed by atoms with Crippen LogP contribution in [-0.4, -0.2) is 61.4 Å². The van der Waals surface area contributed by atoms with Crippen LogP contribution in [0.2, 0.25) is 5.02 Å². The molecule has 2 aromatic heterocycles. The van der Waals surface area contributed by atoms with Crippen molar-refractivity contribution in [3.05, 3.63) is 59.1 Å². The van der Waals surface area contributed by atoms with E-state index in [2.05, 4.69) is 20.3 Å². The molecule has 0 spiro atoms. The van der Waals surface area contributed by atoms with Crippen LogP contribution in [0.3, 0.4) is 0 Å². The van der Waals surface area contributed by atoms with Gasteiger partial charge >= 0.3 is 5.97 Å². The Hall–Kier alpha value is -2.98. The van der Waals surface area contributed by atoms with Crippen LogP contribution in [0.4, 0.5) is 0 Å². The van der Waals surface area contributed by atoms with Crippen LogP contribution < -0.4 is 0 Å². The topological polar surface area (TPSA) is 103 Å². The van der Waals surface area contributed by atoms with E-state index < -0.39 is 0 Å². The Bertz CT molecular complexity index is 1100. The van der Waals surface area contributed by atoms with Crippen molar-refractivity contribution < 1.29 is 14.3 Å². The maximum absolute atomic E-state index is 13.4. The third-order valence-corrected chi connectivity index (χ3v) is 6.46. The Kier molecular flexibility index (Phi) is 7.56. The summed E-state index contributed by atoms with van der Waals surface area (Å²) in [5, 5.41) is 9.69. The maximum atomic E-state index is 13.4. The van der Waals surface area contributed by atoms with Gasteiger partial charge in [0.15, 0.2) is 10.9 Å². The normalized spacial score (nSPS) is 14.3. The van der Waals surface area contributed by atoms with Gasteiger partial charge < -0.3 is 9.64 Å². The largest absolute Gasteiger partial charge is 0.466 e. The molecule has 9 nitrogen and oxygen atoms in total. The molecule has 33 heavy (non-hydrogen) atoms. The first kappa shape index (κ1) is 23.2. The molecule has 0 N–H and O–H groups in total. The number of nitrogens with zero attached hydrogens (tertiary/aromatic N) is 6. The lowest BCUT2D eigenvalue weighted by Crippen LogP contribution is -2.41. The molecule has 4 rings (SSSR count). The van der Waals surface area contributed by atoms with Gasteiger partial charge in [-0.05, 0) is 50.1 Å². The highest BCUT2D eigenvalue weighted by molar-refractivity contribution is 7.98. The zero-order valence-corrected chi connectivity index (χ0v) is 19.6. The summed E-state index contributed by atoms with van der Waals surface area (Å²) in [6.07, 6.45) is 4.48. The minimum Gasteiger partial charge on any atom is -0.466 e. The molecule has 1 aromatic carbocycles. The van der Waals surface area contributed by atoms with Crippen molar-refractivity contribution in [1.29, 1.82) is 0 Å². The summed E-state index contributed by atoms with van der Waals surface area (Å²) >= 11 is 7.43. The van der Waals surface area contributed by atoms with Gasteiger partial charge in [0.2, 0.25) is 0 Å². The van der Waals surface area contributed by atoms with E-state index in [9.17, 15) is 9.59 Å². The predicted molar refractivity (Wildman–Crippen MR) is 123 cm³/mol. The first-order valence-corrected chi connectivity index (χ1v) is 12.0. The third-order valence-electron chi connectivity index (χ3n) is 5.32. The number of esters is 1. The number of likely N-dealkylation sites (tertiary alicyclic amines) is 1. The van der Waals surface area contributed by atoms with Gasteiger partial charge in [0, 0.05) is 36.3 Å². The van der Waals surface area contributed by atoms with Gasteiger partial charge in [-0.3, -0.25) is 9.59 Å². The van der Waals surface area contributed by atoms with Crippen LogP contribution >= 0.6 is 23.4 Å². The van der Waals surface area contributed by atoms with Crippen molar-refractivity contribution >= 4 is 35.2 Å². The number of carbonyl (C=O) groups is 2. The number of aromatic nitrogens is 5. The highest BCUT2D eigenvalue weighted by atomic mass is 35.5. The van der Waals surface area contributed by atoms with Crippen molar-refractivity contribution in [1.82, 2.24) is 29.9 Å². The van der Waals surface area contributed by atoms with E-state index in [0.717, 1.165) is 5.69 Å². The SMILES string of the molecule is CCOC(=O)C1CCN(C(=O)c2nnn(-c3ccc(Cl)cc3)c2CSc2ncccn2)CC1. The minimum absolute atomic E-state index is 0.177. The van der Waals surface area contributed by atoms with E-state index in [1.54, 1.807) is 47.1 Å². The van der Waals surface area contributed by atoms with Crippen molar-refractivity contribution in [2.45, 2.75) is 30.7 Å². The van der Waals surface area contributed by atoms with Crippen LogP contribution in [0.1, 0.15) is 35.9 Å². The molecule has 11 heteroatoms. The molecule has 1 saturated heterocycles. The van der Waals surface area contributed by atoms with Crippen LogP contribution in [0.25, 0.3) is 5.69 Å². The number of thioether (sulfide) groups is 1. The van der Waals surface area contributed by atoms with E-state index >= 15 is 0 Å². The Morgan fingerprint density at radius 3 is 2.52 bits per heavy atom. The lowest BCUT2D eigenvalue weighted by molar-refractivity contribution is -0.149. The fourth-order valence-electron chi connectivity index (χ4n) is 3.61. The van der Waals surface area contributed by atoms with E-state index in [1.807, 2.05) is 12.1 Å². The smallest absolute Gasteiger partial charge is 0.309 e. The summed E-state index contributed by atoms with van der Waals surface area (Å²) < 4.78 is 6.77. The summed E-state index contributed by atoms with van der Waals surface area (Å²) in [7, 11) is 0. The van der Waals surface area contributed by atoms with Gasteiger partial charge in [0.25, 0.3) is 5.91 Å². The average molecular weight is 487 g/mol. The quantitative estimate of drug-likeness (QED) is 0.284. The number of benzene rings is 1. The second-order valence-electron chi connectivity index (χ2n) is 7.41. The number of piperidine rings is 1. The second-order valence-corrected chi connectivity index (χ2v) is 8.79. The van der Waals surface area contributed by atoms with Gasteiger partial charge in [-0.25, -0.2) is 14.6 Å². The summed E-state index contributed by atoms with van der Waals surface area (Å²) in [5.74, 6) is -0.177. The molecule has 1 fully saturated rings. The molecule has 172 valence electrons. The van der Waals surface area contributed by atoms with Crippen LogP contribution in [0.5, 0.6) is 0 Å². The molecule has 0 radical (unpaired) electrons. The summed E-state index contributed by atoms with van der Waals surface area (Å²) in [6, 6.07) is 8.92. The molecular weight excluding hydrogens is 464 g/mol. The lowest BCUT2D eigenvalue weighted by atomic mass is 9.97. The van der Waals surface area contributed by atoms with Crippen LogP contribution in [0.15, 0.2) is 47.9 Å². The fraction of sp³-hybridized carbons (Fsp3) is 0.364. The highest BCUT2D eigenvalue weighted by Gasteiger charge is 2.31. The number of carbonyl (C=O) groups excluding carboxylic acids is 2. The molecule has 3 heterocycles. The molecular formula is C22H23ClN6O3S. The van der Waals surface area contributed by atoms with Crippen LogP contribution in [-0.2, 0) is 15.3 Å². The Morgan fingerprint density at radius 2 is 1.85 bits per heavy atom. The number of halogens is 1. The first-order chi connectivity index (χ1) is 16.1. The number of rotatable bonds is 7. The third kappa shape index (κ3) is 5.51. The molecule has 3 aromatic rings. The van der Waals surface area contributed by atoms with Gasteiger partial charge in [0.05, 0.1) is 23.9 Å². The van der Waals surface area contributed by atoms with E-state index in [-0.39, 0.29) is 23.5 Å². The van der Waals surface area contributed by atoms with Gasteiger partial charge in [-0.15, -0.1) is 5.10 Å². The van der Waals surface area contributed by atoms with Gasteiger partial charge in [0.1, 0.15) is 0 Å². The first-order valence-electron chi connectivity index (χ1n) is 10.6. The minimum atomic E-state index is -0.206. The summed E-state index contributed by atoms with van der Waals surface area (Å²) in [6.45, 7) is 3.08. The molecule has 1 aliphatic heterocycles. The Morgan fingerprint density at radius 1 is 1.15 bits per heavy atom. The van der Waals surface area contributed by atoms with Gasteiger partial charge in [-0.1, -0.05) is 28.6 Å². The number of hydrogen-bond donors (Lipinski definition) is 0. The Labute approximate surface area is 200 Å². The second kappa shape index (κ2) is 10.8. The maximum Gasteiger partial charge on any atom is 0.309 e. The summed E-state index contributed by atoms with van der Waals surface area (Å²) in [5.41, 5.74) is 1.67. The lowest BCUT2D eigenvalue weighted by Gasteiger charge is -2.30. The molecule has 1 aliphatic rings. The molecule has 0 saturated carbocycles. The number of amides is 1. The van der Waals surface area contributed by atoms with Crippen molar-refractivity contribution in [3.63, 3.8) is 0 Å². The zero-order chi connectivity index (χ0) is 23.2. The van der Waals surface area contributed by atoms with Crippen LogP contribution in [0, 0.1) is 5.92 Å². The molecule has 0 aliphatic carbocycles. The van der Waals surface area contributed by atoms with Gasteiger partial charge in [-0.2, -0.15) is 0 Å². The molecule has 1 amide bonds. The molecule has 0 bridgehead atoms. The fourth-order valence-corrected chi connectivity index (χ4v) is 4.53. The van der Waals surface area contributed by atoms with E-state index in [0.29, 0.717) is 54.2 Å². The van der Waals surface area contributed by atoms with E-state index in [4.69, 9.17) is 16.3 Å². The number of ether oxygens (including phenoxy) is 1. The highest BCUT2D eigenvalue weighted by Crippen LogP contribution is 2.26. The van der Waals surface area contributed by atoms with Crippen molar-refractivity contribution in [2.75, 3.05) is 19.7 Å². The monoisotopic (exact) mass is 486 g/mol. The Balaban J connectivity index is 1.56. The van der Waals surface area contributed by atoms with Crippen molar-refractivity contribution in [2.24, 2.45) is 5.92 Å². The van der Waals surface area contributed by atoms with E-state index in [1.165, 1.54) is 11.8 Å².